The third-order valence-corrected chi connectivity index (χ3v) is 3.53. The van der Waals surface area contributed by atoms with E-state index in [0.717, 1.165) is 0 Å². The molecule has 1 amide bonds. The topological polar surface area (TPSA) is 42.0 Å². The Morgan fingerprint density at radius 2 is 2.05 bits per heavy atom. The number of rotatable bonds is 3. The lowest BCUT2D eigenvalue weighted by Gasteiger charge is -2.10. The van der Waals surface area contributed by atoms with Gasteiger partial charge in [0, 0.05) is 15.7 Å². The average molecular weight is 372 g/mol. The van der Waals surface area contributed by atoms with Gasteiger partial charge in [0.15, 0.2) is 0 Å². The van der Waals surface area contributed by atoms with Crippen molar-refractivity contribution < 1.29 is 9.18 Å². The first-order valence-corrected chi connectivity index (χ1v) is 7.48. The van der Waals surface area contributed by atoms with Crippen molar-refractivity contribution in [3.05, 3.63) is 57.0 Å². The zero-order valence-corrected chi connectivity index (χ0v) is 13.8. The van der Waals surface area contributed by atoms with Gasteiger partial charge >= 0.3 is 0 Å². The molecule has 1 N–H and O–H groups in total. The molecule has 1 heterocycles. The summed E-state index contributed by atoms with van der Waals surface area (Å²) in [4.78, 5) is 16.4. The summed E-state index contributed by atoms with van der Waals surface area (Å²) in [5.41, 5.74) is 1.17. The molecule has 0 unspecified atom stereocenters. The predicted molar refractivity (Wildman–Crippen MR) is 85.4 cm³/mol. The fourth-order valence-corrected chi connectivity index (χ4v) is 2.28. The van der Waals surface area contributed by atoms with Crippen molar-refractivity contribution in [2.24, 2.45) is 0 Å². The van der Waals surface area contributed by atoms with Crippen molar-refractivity contribution >= 4 is 39.1 Å². The maximum absolute atomic E-state index is 13.7. The summed E-state index contributed by atoms with van der Waals surface area (Å²) in [6, 6.07) is 7.54. The standard InChI is InChI=1S/C15H13BrClFN2O/c1-8(2)13-5-9(6-14(17)19-13)15(21)20-12-4-3-10(16)7-11(12)18/h3-8H,1-2H3,(H,20,21). The van der Waals surface area contributed by atoms with Gasteiger partial charge in [-0.1, -0.05) is 41.4 Å². The number of carbonyl (C=O) groups excluding carboxylic acids is 1. The van der Waals surface area contributed by atoms with E-state index in [1.807, 2.05) is 13.8 Å². The minimum Gasteiger partial charge on any atom is -0.319 e. The molecule has 1 aromatic carbocycles. The maximum atomic E-state index is 13.7. The van der Waals surface area contributed by atoms with Crippen LogP contribution in [0.15, 0.2) is 34.8 Å². The molecule has 0 aliphatic heterocycles. The fraction of sp³-hybridized carbons (Fsp3) is 0.200. The van der Waals surface area contributed by atoms with Crippen LogP contribution in [0.4, 0.5) is 10.1 Å². The van der Waals surface area contributed by atoms with Gasteiger partial charge in [-0.3, -0.25) is 4.79 Å². The van der Waals surface area contributed by atoms with Gasteiger partial charge in [-0.2, -0.15) is 0 Å². The zero-order chi connectivity index (χ0) is 15.6. The monoisotopic (exact) mass is 370 g/mol. The molecular formula is C15H13BrClFN2O. The SMILES string of the molecule is CC(C)c1cc(C(=O)Nc2ccc(Br)cc2F)cc(Cl)n1. The number of halogens is 3. The number of nitrogens with one attached hydrogen (secondary N) is 1. The molecule has 2 aromatic rings. The largest absolute Gasteiger partial charge is 0.319 e. The lowest BCUT2D eigenvalue weighted by Crippen LogP contribution is -2.14. The van der Waals surface area contributed by atoms with Crippen molar-refractivity contribution in [2.75, 3.05) is 5.32 Å². The minimum atomic E-state index is -0.512. The van der Waals surface area contributed by atoms with Crippen LogP contribution in [-0.4, -0.2) is 10.9 Å². The maximum Gasteiger partial charge on any atom is 0.255 e. The number of hydrogen-bond acceptors (Lipinski definition) is 2. The van der Waals surface area contributed by atoms with Gasteiger partial charge < -0.3 is 5.32 Å². The molecule has 1 aromatic heterocycles. The van der Waals surface area contributed by atoms with E-state index in [9.17, 15) is 9.18 Å². The molecule has 0 radical (unpaired) electrons. The number of aromatic nitrogens is 1. The van der Waals surface area contributed by atoms with Gasteiger partial charge in [0.1, 0.15) is 11.0 Å². The highest BCUT2D eigenvalue weighted by molar-refractivity contribution is 9.10. The zero-order valence-electron chi connectivity index (χ0n) is 11.5. The Bertz CT molecular complexity index is 691. The molecule has 2 rings (SSSR count). The van der Waals surface area contributed by atoms with Crippen LogP contribution in [-0.2, 0) is 0 Å². The smallest absolute Gasteiger partial charge is 0.255 e. The van der Waals surface area contributed by atoms with Crippen LogP contribution in [0.5, 0.6) is 0 Å². The van der Waals surface area contributed by atoms with Crippen molar-refractivity contribution in [3.8, 4) is 0 Å². The Hall–Kier alpha value is -1.46. The average Bonchev–Trinajstić information content (AvgIpc) is 2.41. The Morgan fingerprint density at radius 3 is 2.67 bits per heavy atom. The molecule has 0 fully saturated rings. The summed E-state index contributed by atoms with van der Waals surface area (Å²) in [7, 11) is 0. The molecule has 0 saturated heterocycles. The van der Waals surface area contributed by atoms with E-state index in [0.29, 0.717) is 15.7 Å². The molecular weight excluding hydrogens is 359 g/mol. The summed E-state index contributed by atoms with van der Waals surface area (Å²) < 4.78 is 14.3. The molecule has 0 spiro atoms. The van der Waals surface area contributed by atoms with Gasteiger partial charge in [-0.25, -0.2) is 9.37 Å². The number of nitrogens with zero attached hydrogens (tertiary/aromatic N) is 1. The number of pyridine rings is 1. The molecule has 0 saturated carbocycles. The number of amides is 1. The molecule has 6 heteroatoms. The number of carbonyl (C=O) groups is 1. The lowest BCUT2D eigenvalue weighted by atomic mass is 10.1. The van der Waals surface area contributed by atoms with Crippen molar-refractivity contribution in [1.82, 2.24) is 4.98 Å². The third kappa shape index (κ3) is 4.02. The number of hydrogen-bond donors (Lipinski definition) is 1. The third-order valence-electron chi connectivity index (χ3n) is 2.85. The van der Waals surface area contributed by atoms with Gasteiger partial charge in [0.25, 0.3) is 5.91 Å². The van der Waals surface area contributed by atoms with E-state index in [2.05, 4.69) is 26.2 Å². The van der Waals surface area contributed by atoms with Crippen LogP contribution < -0.4 is 5.32 Å². The highest BCUT2D eigenvalue weighted by atomic mass is 79.9. The summed E-state index contributed by atoms with van der Waals surface area (Å²) >= 11 is 9.09. The molecule has 0 aliphatic rings. The second-order valence-corrected chi connectivity index (χ2v) is 6.14. The fourth-order valence-electron chi connectivity index (χ4n) is 1.73. The first-order valence-electron chi connectivity index (χ1n) is 6.30. The van der Waals surface area contributed by atoms with Gasteiger partial charge in [-0.15, -0.1) is 0 Å². The normalized spacial score (nSPS) is 10.8. The Labute approximate surface area is 135 Å². The van der Waals surface area contributed by atoms with Gasteiger partial charge in [-0.05, 0) is 36.2 Å². The van der Waals surface area contributed by atoms with E-state index >= 15 is 0 Å². The molecule has 0 aliphatic carbocycles. The Kier molecular flexibility index (Phi) is 4.96. The van der Waals surface area contributed by atoms with Crippen LogP contribution in [0.3, 0.4) is 0 Å². The molecule has 3 nitrogen and oxygen atoms in total. The van der Waals surface area contributed by atoms with E-state index in [1.54, 1.807) is 12.1 Å². The molecule has 0 bridgehead atoms. The van der Waals surface area contributed by atoms with Crippen molar-refractivity contribution in [3.63, 3.8) is 0 Å². The lowest BCUT2D eigenvalue weighted by molar-refractivity contribution is 0.102. The molecule has 0 atom stereocenters. The first kappa shape index (κ1) is 15.9. The first-order chi connectivity index (χ1) is 9.86. The highest BCUT2D eigenvalue weighted by Gasteiger charge is 2.13. The van der Waals surface area contributed by atoms with Crippen LogP contribution in [0.25, 0.3) is 0 Å². The van der Waals surface area contributed by atoms with Gasteiger partial charge in [0.2, 0.25) is 0 Å². The van der Waals surface area contributed by atoms with Crippen molar-refractivity contribution in [2.45, 2.75) is 19.8 Å². The van der Waals surface area contributed by atoms with Crippen LogP contribution in [0.1, 0.15) is 35.8 Å². The predicted octanol–water partition coefficient (Wildman–Crippen LogP) is 5.01. The molecule has 21 heavy (non-hydrogen) atoms. The van der Waals surface area contributed by atoms with Crippen molar-refractivity contribution in [1.29, 1.82) is 0 Å². The summed E-state index contributed by atoms with van der Waals surface area (Å²) in [5, 5.41) is 2.76. The van der Waals surface area contributed by atoms with Crippen LogP contribution in [0.2, 0.25) is 5.15 Å². The number of benzene rings is 1. The second kappa shape index (κ2) is 6.54. The van der Waals surface area contributed by atoms with Gasteiger partial charge in [0.05, 0.1) is 5.69 Å². The van der Waals surface area contributed by atoms with E-state index in [4.69, 9.17) is 11.6 Å². The summed E-state index contributed by atoms with van der Waals surface area (Å²) in [6.45, 7) is 3.91. The van der Waals surface area contributed by atoms with E-state index < -0.39 is 11.7 Å². The Balaban J connectivity index is 2.28. The van der Waals surface area contributed by atoms with E-state index in [1.165, 1.54) is 18.2 Å². The van der Waals surface area contributed by atoms with E-state index in [-0.39, 0.29) is 16.8 Å². The van der Waals surface area contributed by atoms with Crippen LogP contribution >= 0.6 is 27.5 Å². The minimum absolute atomic E-state index is 0.113. The highest BCUT2D eigenvalue weighted by Crippen LogP contribution is 2.22. The summed E-state index contributed by atoms with van der Waals surface area (Å²) in [5.74, 6) is -0.802. The number of anilines is 1. The summed E-state index contributed by atoms with van der Waals surface area (Å²) in [6.07, 6.45) is 0. The second-order valence-electron chi connectivity index (χ2n) is 4.84. The Morgan fingerprint density at radius 1 is 1.33 bits per heavy atom. The quantitative estimate of drug-likeness (QED) is 0.770. The molecule has 110 valence electrons. The van der Waals surface area contributed by atoms with Crippen LogP contribution in [0, 0.1) is 5.82 Å².